The van der Waals surface area contributed by atoms with Crippen LogP contribution in [-0.2, 0) is 21.2 Å². The monoisotopic (exact) mass is 456 g/mol. The van der Waals surface area contributed by atoms with E-state index in [0.717, 1.165) is 10.5 Å². The van der Waals surface area contributed by atoms with E-state index in [4.69, 9.17) is 4.74 Å². The number of sulfonamides is 1. The van der Waals surface area contributed by atoms with Crippen molar-refractivity contribution >= 4 is 39.1 Å². The molecule has 1 aliphatic heterocycles. The quantitative estimate of drug-likeness (QED) is 0.487. The Labute approximate surface area is 184 Å². The number of hydrogen-bond donors (Lipinski definition) is 3. The number of methoxy groups -OCH3 is 1. The van der Waals surface area contributed by atoms with Gasteiger partial charge in [-0.2, -0.15) is 0 Å². The highest BCUT2D eigenvalue weighted by molar-refractivity contribution is 8.01. The normalized spacial score (nSPS) is 15.2. The number of nitrogens with one attached hydrogen (secondary N) is 2. The van der Waals surface area contributed by atoms with Crippen LogP contribution in [0.3, 0.4) is 0 Å². The molecule has 1 amide bonds. The van der Waals surface area contributed by atoms with E-state index < -0.39 is 10.0 Å². The van der Waals surface area contributed by atoms with Gasteiger partial charge in [-0.25, -0.2) is 8.42 Å². The standard InChI is InChI=1S/C22H20N2O5S2/c1-29-19-8-4-3-7-16(19)24-31(27,28)15-10-11-18(25)17(13-15)23-22(26)21-12-14-6-2-5-9-20(14)30-21/h2-11,13,21,24-25H,12H2,1H3,(H,23,26)/t21-/m0/s1. The highest BCUT2D eigenvalue weighted by Crippen LogP contribution is 2.38. The highest BCUT2D eigenvalue weighted by atomic mass is 32.2. The van der Waals surface area contributed by atoms with Gasteiger partial charge in [-0.3, -0.25) is 9.52 Å². The van der Waals surface area contributed by atoms with E-state index in [2.05, 4.69) is 10.0 Å². The average molecular weight is 457 g/mol. The van der Waals surface area contributed by atoms with Gasteiger partial charge in [0.15, 0.2) is 0 Å². The van der Waals surface area contributed by atoms with E-state index >= 15 is 0 Å². The van der Waals surface area contributed by atoms with Crippen LogP contribution >= 0.6 is 11.8 Å². The molecule has 3 N–H and O–H groups in total. The first-order valence-corrected chi connectivity index (χ1v) is 11.8. The fourth-order valence-electron chi connectivity index (χ4n) is 3.26. The predicted octanol–water partition coefficient (Wildman–Crippen LogP) is 3.86. The lowest BCUT2D eigenvalue weighted by Crippen LogP contribution is -2.25. The summed E-state index contributed by atoms with van der Waals surface area (Å²) >= 11 is 1.45. The van der Waals surface area contributed by atoms with Crippen LogP contribution in [0.1, 0.15) is 5.56 Å². The molecular formula is C22H20N2O5S2. The number of aromatic hydroxyl groups is 1. The van der Waals surface area contributed by atoms with Crippen LogP contribution in [0.4, 0.5) is 11.4 Å². The third kappa shape index (κ3) is 4.47. The molecule has 160 valence electrons. The van der Waals surface area contributed by atoms with Gasteiger partial charge < -0.3 is 15.2 Å². The van der Waals surface area contributed by atoms with Crippen molar-refractivity contribution in [3.8, 4) is 11.5 Å². The number of anilines is 2. The summed E-state index contributed by atoms with van der Waals surface area (Å²) in [4.78, 5) is 13.7. The average Bonchev–Trinajstić information content (AvgIpc) is 3.20. The predicted molar refractivity (Wildman–Crippen MR) is 120 cm³/mol. The molecule has 0 saturated carbocycles. The second-order valence-electron chi connectivity index (χ2n) is 6.89. The second kappa shape index (κ2) is 8.52. The van der Waals surface area contributed by atoms with Crippen LogP contribution in [0.5, 0.6) is 11.5 Å². The molecule has 4 rings (SSSR count). The first-order chi connectivity index (χ1) is 14.9. The minimum Gasteiger partial charge on any atom is -0.506 e. The van der Waals surface area contributed by atoms with E-state index in [0.29, 0.717) is 12.2 Å². The number of hydrogen-bond acceptors (Lipinski definition) is 6. The molecule has 7 nitrogen and oxygen atoms in total. The third-order valence-electron chi connectivity index (χ3n) is 4.83. The second-order valence-corrected chi connectivity index (χ2v) is 9.82. The molecule has 0 saturated heterocycles. The van der Waals surface area contributed by atoms with E-state index in [1.54, 1.807) is 24.3 Å². The summed E-state index contributed by atoms with van der Waals surface area (Å²) < 4.78 is 33.4. The lowest BCUT2D eigenvalue weighted by Gasteiger charge is -2.14. The van der Waals surface area contributed by atoms with Crippen molar-refractivity contribution in [3.05, 3.63) is 72.3 Å². The molecule has 0 radical (unpaired) electrons. The van der Waals surface area contributed by atoms with Gasteiger partial charge in [-0.1, -0.05) is 30.3 Å². The molecular weight excluding hydrogens is 436 g/mol. The van der Waals surface area contributed by atoms with Crippen molar-refractivity contribution in [1.29, 1.82) is 0 Å². The molecule has 1 atom stereocenters. The van der Waals surface area contributed by atoms with Crippen LogP contribution in [-0.4, -0.2) is 31.8 Å². The SMILES string of the molecule is COc1ccccc1NS(=O)(=O)c1ccc(O)c(NC(=O)[C@@H]2Cc3ccccc3S2)c1. The number of thioether (sulfide) groups is 1. The summed E-state index contributed by atoms with van der Waals surface area (Å²) in [6, 6.07) is 18.1. The Morgan fingerprint density at radius 3 is 2.58 bits per heavy atom. The maximum atomic E-state index is 12.9. The maximum absolute atomic E-state index is 12.9. The zero-order chi connectivity index (χ0) is 22.0. The van der Waals surface area contributed by atoms with Crippen LogP contribution in [0.2, 0.25) is 0 Å². The zero-order valence-electron chi connectivity index (χ0n) is 16.5. The van der Waals surface area contributed by atoms with Crippen molar-refractivity contribution in [2.75, 3.05) is 17.1 Å². The number of rotatable bonds is 6. The molecule has 1 aliphatic rings. The summed E-state index contributed by atoms with van der Waals surface area (Å²) in [6.45, 7) is 0. The summed E-state index contributed by atoms with van der Waals surface area (Å²) in [7, 11) is -2.54. The van der Waals surface area contributed by atoms with E-state index in [-0.39, 0.29) is 33.2 Å². The van der Waals surface area contributed by atoms with Gasteiger partial charge in [0.25, 0.3) is 10.0 Å². The number of phenols is 1. The van der Waals surface area contributed by atoms with Gasteiger partial charge in [0, 0.05) is 4.90 Å². The molecule has 3 aromatic rings. The Kier molecular flexibility index (Phi) is 5.79. The molecule has 0 aromatic heterocycles. The van der Waals surface area contributed by atoms with Gasteiger partial charge in [-0.05, 0) is 48.4 Å². The van der Waals surface area contributed by atoms with Gasteiger partial charge >= 0.3 is 0 Å². The minimum atomic E-state index is -3.98. The number of amides is 1. The number of carbonyl (C=O) groups excluding carboxylic acids is 1. The first-order valence-electron chi connectivity index (χ1n) is 9.41. The Balaban J connectivity index is 1.54. The summed E-state index contributed by atoms with van der Waals surface area (Å²) in [5.41, 5.74) is 1.41. The number of para-hydroxylation sites is 2. The van der Waals surface area contributed by atoms with Crippen molar-refractivity contribution in [3.63, 3.8) is 0 Å². The fraction of sp³-hybridized carbons (Fsp3) is 0.136. The molecule has 3 aromatic carbocycles. The zero-order valence-corrected chi connectivity index (χ0v) is 18.2. The van der Waals surface area contributed by atoms with Crippen molar-refractivity contribution in [1.82, 2.24) is 0 Å². The van der Waals surface area contributed by atoms with Crippen LogP contribution in [0, 0.1) is 0 Å². The van der Waals surface area contributed by atoms with Crippen LogP contribution in [0.15, 0.2) is 76.5 Å². The summed E-state index contributed by atoms with van der Waals surface area (Å²) in [5.74, 6) is -0.148. The van der Waals surface area contributed by atoms with Crippen molar-refractivity contribution < 1.29 is 23.1 Å². The minimum absolute atomic E-state index is 0.0319. The van der Waals surface area contributed by atoms with E-state index in [1.807, 2.05) is 24.3 Å². The number of carbonyl (C=O) groups is 1. The number of ether oxygens (including phenoxy) is 1. The highest BCUT2D eigenvalue weighted by Gasteiger charge is 2.29. The number of phenolic OH excluding ortho intramolecular Hbond substituents is 1. The largest absolute Gasteiger partial charge is 0.506 e. The molecule has 0 bridgehead atoms. The van der Waals surface area contributed by atoms with Crippen molar-refractivity contribution in [2.45, 2.75) is 21.5 Å². The lowest BCUT2D eigenvalue weighted by atomic mass is 10.1. The van der Waals surface area contributed by atoms with E-state index in [9.17, 15) is 18.3 Å². The molecule has 9 heteroatoms. The Hall–Kier alpha value is -3.17. The van der Waals surface area contributed by atoms with Crippen LogP contribution < -0.4 is 14.8 Å². The molecule has 1 heterocycles. The Morgan fingerprint density at radius 1 is 1.06 bits per heavy atom. The van der Waals surface area contributed by atoms with Crippen LogP contribution in [0.25, 0.3) is 0 Å². The molecule has 31 heavy (non-hydrogen) atoms. The third-order valence-corrected chi connectivity index (χ3v) is 7.51. The summed E-state index contributed by atoms with van der Waals surface area (Å²) in [6.07, 6.45) is 0.570. The lowest BCUT2D eigenvalue weighted by molar-refractivity contribution is -0.115. The van der Waals surface area contributed by atoms with Gasteiger partial charge in [0.05, 0.1) is 28.6 Å². The van der Waals surface area contributed by atoms with Gasteiger partial charge in [-0.15, -0.1) is 11.8 Å². The topological polar surface area (TPSA) is 105 Å². The van der Waals surface area contributed by atoms with Gasteiger partial charge in [0.1, 0.15) is 11.5 Å². The van der Waals surface area contributed by atoms with Crippen molar-refractivity contribution in [2.24, 2.45) is 0 Å². The number of benzene rings is 3. The molecule has 0 spiro atoms. The van der Waals surface area contributed by atoms with Gasteiger partial charge in [0.2, 0.25) is 5.91 Å². The smallest absolute Gasteiger partial charge is 0.262 e. The number of fused-ring (bicyclic) bond motifs is 1. The summed E-state index contributed by atoms with van der Waals surface area (Å²) in [5, 5.41) is 12.5. The Morgan fingerprint density at radius 2 is 1.81 bits per heavy atom. The first kappa shape index (κ1) is 21.1. The molecule has 0 aliphatic carbocycles. The molecule has 0 unspecified atom stereocenters. The van der Waals surface area contributed by atoms with E-state index in [1.165, 1.54) is 37.1 Å². The molecule has 0 fully saturated rings. The Bertz CT molecular complexity index is 1220. The fourth-order valence-corrected chi connectivity index (χ4v) is 5.55. The maximum Gasteiger partial charge on any atom is 0.262 e.